The SMILES string of the molecule is C=C/C=C/[C@H](C)O.[C-]#[O+].[C-]#[O+].[C-]#[O+].[Fe]. The minimum atomic E-state index is -0.349. The predicted octanol–water partition coefficient (Wildman–Crippen LogP) is 0.994. The maximum Gasteiger partial charge on any atom is 0 e. The Morgan fingerprint density at radius 3 is 1.50 bits per heavy atom. The van der Waals surface area contributed by atoms with Gasteiger partial charge in [-0.1, -0.05) is 24.8 Å². The molecule has 0 heterocycles. The molecule has 0 spiro atoms. The topological polar surface area (TPSA) is 79.9 Å². The van der Waals surface area contributed by atoms with E-state index in [1.54, 1.807) is 25.2 Å². The van der Waals surface area contributed by atoms with E-state index in [4.69, 9.17) is 19.1 Å². The maximum absolute atomic E-state index is 8.55. The Bertz CT molecular complexity index is 153. The zero-order valence-electron chi connectivity index (χ0n) is 7.54. The van der Waals surface area contributed by atoms with Crippen molar-refractivity contribution >= 4 is 0 Å². The third-order valence-electron chi connectivity index (χ3n) is 0.526. The average Bonchev–Trinajstić information content (AvgIpc) is 2.24. The summed E-state index contributed by atoms with van der Waals surface area (Å²) in [4.78, 5) is 0. The minimum absolute atomic E-state index is 0. The zero-order valence-corrected chi connectivity index (χ0v) is 8.65. The van der Waals surface area contributed by atoms with E-state index in [9.17, 15) is 0 Å². The van der Waals surface area contributed by atoms with Gasteiger partial charge in [-0.05, 0) is 6.92 Å². The van der Waals surface area contributed by atoms with Crippen molar-refractivity contribution in [1.82, 2.24) is 0 Å². The minimum Gasteiger partial charge on any atom is 0 e. The molecule has 1 N–H and O–H groups in total. The van der Waals surface area contributed by atoms with Gasteiger partial charge in [0.15, 0.2) is 0 Å². The van der Waals surface area contributed by atoms with Gasteiger partial charge < -0.3 is 5.11 Å². The molecule has 0 bridgehead atoms. The van der Waals surface area contributed by atoms with Gasteiger partial charge in [0.2, 0.25) is 0 Å². The third kappa shape index (κ3) is 115. The Balaban J connectivity index is -0.0000000332. The molecule has 5 heteroatoms. The number of rotatable bonds is 2. The van der Waals surface area contributed by atoms with Gasteiger partial charge in [-0.15, -0.1) is 0 Å². The van der Waals surface area contributed by atoms with Crippen LogP contribution in [-0.2, 0) is 31.0 Å². The summed E-state index contributed by atoms with van der Waals surface area (Å²) in [6.07, 6.45) is 4.66. The summed E-state index contributed by atoms with van der Waals surface area (Å²) in [5.74, 6) is 0. The quantitative estimate of drug-likeness (QED) is 0.331. The molecule has 4 nitrogen and oxygen atoms in total. The third-order valence-corrected chi connectivity index (χ3v) is 0.526. The van der Waals surface area contributed by atoms with Crippen molar-refractivity contribution in [1.29, 1.82) is 0 Å². The van der Waals surface area contributed by atoms with Crippen LogP contribution in [0.5, 0.6) is 0 Å². The fraction of sp³-hybridized carbons (Fsp3) is 0.222. The van der Waals surface area contributed by atoms with Gasteiger partial charge in [-0.3, -0.25) is 0 Å². The standard InChI is InChI=1S/C6H10O.3CO.Fe/c1-3-4-5-6(2)7;3*1-2;/h3-7H,1H2,2H3;;;;/b5-4+;;;;/t6-;;;;/m0..../s1. The molecule has 0 unspecified atom stereocenters. The molecule has 0 amide bonds. The monoisotopic (exact) mass is 238 g/mol. The van der Waals surface area contributed by atoms with Crippen LogP contribution in [0, 0.1) is 20.0 Å². The second-order valence-corrected chi connectivity index (χ2v) is 1.36. The summed E-state index contributed by atoms with van der Waals surface area (Å²) >= 11 is 0. The van der Waals surface area contributed by atoms with E-state index in [-0.39, 0.29) is 23.2 Å². The van der Waals surface area contributed by atoms with Crippen LogP contribution in [0.15, 0.2) is 24.8 Å². The first-order valence-electron chi connectivity index (χ1n) is 2.86. The summed E-state index contributed by atoms with van der Waals surface area (Å²) in [6.45, 7) is 18.6. The molecule has 0 aliphatic heterocycles. The van der Waals surface area contributed by atoms with E-state index < -0.39 is 0 Å². The molecule has 0 saturated carbocycles. The molecule has 0 fully saturated rings. The van der Waals surface area contributed by atoms with Crippen molar-refractivity contribution in [2.45, 2.75) is 13.0 Å². The van der Waals surface area contributed by atoms with Gasteiger partial charge in [-0.25, -0.2) is 0 Å². The summed E-state index contributed by atoms with van der Waals surface area (Å²) in [6, 6.07) is 0. The Kier molecular flexibility index (Phi) is 118. The average molecular weight is 238 g/mol. The first kappa shape index (κ1) is 29.2. The molecule has 0 aromatic carbocycles. The van der Waals surface area contributed by atoms with E-state index in [1.165, 1.54) is 0 Å². The molecular formula is C9H10FeO4. The van der Waals surface area contributed by atoms with E-state index in [0.717, 1.165) is 0 Å². The fourth-order valence-electron chi connectivity index (χ4n) is 0.239. The van der Waals surface area contributed by atoms with E-state index in [0.29, 0.717) is 0 Å². The Morgan fingerprint density at radius 2 is 1.43 bits per heavy atom. The van der Waals surface area contributed by atoms with Gasteiger partial charge in [0.1, 0.15) is 0 Å². The van der Waals surface area contributed by atoms with Gasteiger partial charge in [0.05, 0.1) is 6.10 Å². The van der Waals surface area contributed by atoms with Crippen LogP contribution in [0.3, 0.4) is 0 Å². The van der Waals surface area contributed by atoms with E-state index >= 15 is 0 Å². The second-order valence-electron chi connectivity index (χ2n) is 1.36. The Labute approximate surface area is 94.3 Å². The molecular weight excluding hydrogens is 228 g/mol. The van der Waals surface area contributed by atoms with Crippen molar-refractivity contribution in [2.24, 2.45) is 0 Å². The first-order valence-corrected chi connectivity index (χ1v) is 2.86. The number of aliphatic hydroxyl groups is 1. The van der Waals surface area contributed by atoms with E-state index in [1.807, 2.05) is 0 Å². The summed E-state index contributed by atoms with van der Waals surface area (Å²) in [5.41, 5.74) is 0. The number of hydrogen-bond donors (Lipinski definition) is 1. The molecule has 0 aromatic heterocycles. The normalized spacial score (nSPS) is 7.71. The van der Waals surface area contributed by atoms with Crippen molar-refractivity contribution in [3.05, 3.63) is 44.8 Å². The van der Waals surface area contributed by atoms with E-state index in [2.05, 4.69) is 26.5 Å². The zero-order chi connectivity index (χ0) is 11.7. The Morgan fingerprint density at radius 1 is 1.14 bits per heavy atom. The summed E-state index contributed by atoms with van der Waals surface area (Å²) in [7, 11) is 0. The number of allylic oxidation sites excluding steroid dienone is 2. The molecule has 0 saturated heterocycles. The molecule has 0 rings (SSSR count). The summed E-state index contributed by atoms with van der Waals surface area (Å²) < 4.78 is 22.5. The van der Waals surface area contributed by atoms with Crippen molar-refractivity contribution < 1.29 is 36.1 Å². The smallest absolute Gasteiger partial charge is 0 e. The van der Waals surface area contributed by atoms with Crippen LogP contribution in [0.1, 0.15) is 6.92 Å². The maximum atomic E-state index is 8.55. The molecule has 0 aliphatic carbocycles. The summed E-state index contributed by atoms with van der Waals surface area (Å²) in [5, 5.41) is 8.55. The molecule has 14 heavy (non-hydrogen) atoms. The van der Waals surface area contributed by atoms with Gasteiger partial charge >= 0.3 is 33.9 Å². The number of aliphatic hydroxyl groups excluding tert-OH is 1. The molecule has 0 radical (unpaired) electrons. The van der Waals surface area contributed by atoms with Crippen LogP contribution in [0.2, 0.25) is 0 Å². The van der Waals surface area contributed by atoms with Crippen molar-refractivity contribution in [2.75, 3.05) is 0 Å². The van der Waals surface area contributed by atoms with Crippen molar-refractivity contribution in [3.63, 3.8) is 0 Å². The van der Waals surface area contributed by atoms with Crippen LogP contribution >= 0.6 is 0 Å². The number of hydrogen-bond acceptors (Lipinski definition) is 1. The van der Waals surface area contributed by atoms with Gasteiger partial charge in [0.25, 0.3) is 0 Å². The first-order chi connectivity index (χ1) is 6.27. The molecule has 0 aromatic rings. The fourth-order valence-corrected chi connectivity index (χ4v) is 0.239. The van der Waals surface area contributed by atoms with Crippen LogP contribution in [0.4, 0.5) is 0 Å². The van der Waals surface area contributed by atoms with Gasteiger partial charge in [0, 0.05) is 17.1 Å². The second kappa shape index (κ2) is 56.7. The molecule has 78 valence electrons. The predicted molar refractivity (Wildman–Crippen MR) is 42.8 cm³/mol. The van der Waals surface area contributed by atoms with Crippen LogP contribution in [-0.4, -0.2) is 11.2 Å². The largest absolute Gasteiger partial charge is 0 e. The van der Waals surface area contributed by atoms with Gasteiger partial charge in [-0.2, -0.15) is 0 Å². The van der Waals surface area contributed by atoms with Crippen molar-refractivity contribution in [3.8, 4) is 0 Å². The molecule has 1 atom stereocenters. The van der Waals surface area contributed by atoms with Crippen LogP contribution in [0.25, 0.3) is 0 Å². The Hall–Kier alpha value is -0.821. The molecule has 0 aliphatic rings. The van der Waals surface area contributed by atoms with Crippen LogP contribution < -0.4 is 0 Å².